The van der Waals surface area contributed by atoms with Crippen molar-refractivity contribution >= 4 is 35.9 Å². The minimum absolute atomic E-state index is 0.0552. The molecule has 0 spiro atoms. The predicted molar refractivity (Wildman–Crippen MR) is 79.8 cm³/mol. The average Bonchev–Trinajstić information content (AvgIpc) is 2.46. The number of aryl methyl sites for hydroxylation is 1. The van der Waals surface area contributed by atoms with Crippen molar-refractivity contribution in [3.8, 4) is 0 Å². The van der Waals surface area contributed by atoms with E-state index in [1.807, 2.05) is 24.3 Å². The second-order valence-electron chi connectivity index (χ2n) is 3.87. The van der Waals surface area contributed by atoms with E-state index in [-0.39, 0.29) is 11.7 Å². The molecule has 0 saturated heterocycles. The van der Waals surface area contributed by atoms with E-state index in [2.05, 4.69) is 0 Å². The molecule has 0 aliphatic rings. The Kier molecular flexibility index (Phi) is 7.45. The molecule has 0 aliphatic heterocycles. The summed E-state index contributed by atoms with van der Waals surface area (Å²) in [4.78, 5) is 11.0. The molecule has 1 rings (SSSR count). The number of alkyl halides is 1. The number of carbonyl (C=O) groups is 1. The van der Waals surface area contributed by atoms with E-state index in [0.717, 1.165) is 23.8 Å². The maximum atomic E-state index is 12.0. The molecular weight excluding hydrogens is 285 g/mol. The zero-order valence-electron chi connectivity index (χ0n) is 10.4. The molecule has 0 saturated carbocycles. The van der Waals surface area contributed by atoms with Gasteiger partial charge in [0.2, 0.25) is 0 Å². The molecule has 102 valence electrons. The van der Waals surface area contributed by atoms with Crippen molar-refractivity contribution in [1.29, 1.82) is 5.41 Å². The maximum absolute atomic E-state index is 12.0. The Morgan fingerprint density at radius 2 is 1.95 bits per heavy atom. The lowest BCUT2D eigenvalue weighted by molar-refractivity contribution is -0.104. The summed E-state index contributed by atoms with van der Waals surface area (Å²) in [6.07, 6.45) is 2.91. The van der Waals surface area contributed by atoms with Gasteiger partial charge in [0.05, 0.1) is 11.7 Å². The summed E-state index contributed by atoms with van der Waals surface area (Å²) >= 11 is 7.03. The highest BCUT2D eigenvalue weighted by Gasteiger charge is 2.03. The van der Waals surface area contributed by atoms with Gasteiger partial charge in [-0.3, -0.25) is 9.18 Å². The molecule has 1 N–H and O–H groups in total. The molecule has 0 unspecified atom stereocenters. The average molecular weight is 300 g/mol. The van der Waals surface area contributed by atoms with Gasteiger partial charge in [0.25, 0.3) is 0 Å². The molecule has 0 fully saturated rings. The largest absolute Gasteiger partial charge is 0.308 e. The highest BCUT2D eigenvalue weighted by molar-refractivity contribution is 8.03. The molecule has 1 aromatic carbocycles. The van der Waals surface area contributed by atoms with Crippen LogP contribution >= 0.6 is 23.4 Å². The van der Waals surface area contributed by atoms with Crippen molar-refractivity contribution in [2.75, 3.05) is 6.67 Å². The molecule has 0 aliphatic carbocycles. The molecule has 2 nitrogen and oxygen atoms in total. The van der Waals surface area contributed by atoms with Crippen LogP contribution in [0.3, 0.4) is 0 Å². The first-order chi connectivity index (χ1) is 9.21. The molecular formula is C14H15ClFNOS. The number of halogens is 2. The fourth-order valence-electron chi connectivity index (χ4n) is 1.47. The Morgan fingerprint density at radius 3 is 2.47 bits per heavy atom. The Bertz CT molecular complexity index is 459. The molecule has 0 heterocycles. The summed E-state index contributed by atoms with van der Waals surface area (Å²) in [5.41, 5.74) is 2.18. The van der Waals surface area contributed by atoms with E-state index in [4.69, 9.17) is 17.0 Å². The van der Waals surface area contributed by atoms with E-state index in [1.54, 1.807) is 0 Å². The highest BCUT2D eigenvalue weighted by atomic mass is 35.5. The van der Waals surface area contributed by atoms with Crippen LogP contribution in [-0.4, -0.2) is 19.2 Å². The van der Waals surface area contributed by atoms with Crippen molar-refractivity contribution in [2.24, 2.45) is 0 Å². The first-order valence-corrected chi connectivity index (χ1v) is 7.19. The van der Waals surface area contributed by atoms with Gasteiger partial charge >= 0.3 is 0 Å². The number of hydrogen-bond donors (Lipinski definition) is 1. The number of benzene rings is 1. The SMILES string of the molecule is N=C/C(SCc1ccc(CCCF)cc1)=C(/Cl)C=O. The predicted octanol–water partition coefficient (Wildman–Crippen LogP) is 4.12. The summed E-state index contributed by atoms with van der Waals surface area (Å²) in [5, 5.41) is 7.24. The Hall–Kier alpha value is -1.13. The molecule has 1 aromatic rings. The fraction of sp³-hybridized carbons (Fsp3) is 0.286. The van der Waals surface area contributed by atoms with Crippen LogP contribution in [0.5, 0.6) is 0 Å². The van der Waals surface area contributed by atoms with Gasteiger partial charge in [0.15, 0.2) is 6.29 Å². The van der Waals surface area contributed by atoms with Crippen molar-refractivity contribution < 1.29 is 9.18 Å². The quantitative estimate of drug-likeness (QED) is 0.445. The van der Waals surface area contributed by atoms with Gasteiger partial charge in [-0.2, -0.15) is 0 Å². The standard InChI is InChI=1S/C14H15ClFNOS/c15-13(9-18)14(8-17)19-10-12-5-3-11(4-6-12)2-1-7-16/h3-6,8-9,17H,1-2,7,10H2/b14-13-,17-8?. The third-order valence-electron chi connectivity index (χ3n) is 2.49. The number of nitrogens with one attached hydrogen (secondary N) is 1. The van der Waals surface area contributed by atoms with Crippen molar-refractivity contribution in [3.05, 3.63) is 45.3 Å². The monoisotopic (exact) mass is 299 g/mol. The minimum Gasteiger partial charge on any atom is -0.308 e. The normalized spacial score (nSPS) is 11.9. The summed E-state index contributed by atoms with van der Waals surface area (Å²) in [6.45, 7) is -0.296. The van der Waals surface area contributed by atoms with E-state index < -0.39 is 0 Å². The Labute approximate surface area is 121 Å². The van der Waals surface area contributed by atoms with Crippen LogP contribution in [0.15, 0.2) is 34.2 Å². The maximum Gasteiger partial charge on any atom is 0.162 e. The molecule has 0 atom stereocenters. The van der Waals surface area contributed by atoms with E-state index in [1.165, 1.54) is 11.8 Å². The number of hydrogen-bond acceptors (Lipinski definition) is 3. The van der Waals surface area contributed by atoms with Gasteiger partial charge in [0.1, 0.15) is 0 Å². The van der Waals surface area contributed by atoms with Crippen molar-refractivity contribution in [2.45, 2.75) is 18.6 Å². The smallest absolute Gasteiger partial charge is 0.162 e. The Balaban J connectivity index is 2.58. The van der Waals surface area contributed by atoms with Crippen LogP contribution < -0.4 is 0 Å². The van der Waals surface area contributed by atoms with E-state index in [0.29, 0.717) is 23.4 Å². The van der Waals surface area contributed by atoms with Gasteiger partial charge in [-0.05, 0) is 24.0 Å². The van der Waals surface area contributed by atoms with Gasteiger partial charge in [-0.15, -0.1) is 11.8 Å². The molecule has 0 radical (unpaired) electrons. The molecule has 0 bridgehead atoms. The summed E-state index contributed by atoms with van der Waals surface area (Å²) in [5.74, 6) is 0.637. The van der Waals surface area contributed by atoms with Crippen LogP contribution in [-0.2, 0) is 17.0 Å². The number of rotatable bonds is 8. The van der Waals surface area contributed by atoms with Crippen LogP contribution in [0.2, 0.25) is 0 Å². The molecule has 0 amide bonds. The van der Waals surface area contributed by atoms with Crippen molar-refractivity contribution in [3.63, 3.8) is 0 Å². The second-order valence-corrected chi connectivity index (χ2v) is 5.30. The van der Waals surface area contributed by atoms with Crippen LogP contribution in [0.4, 0.5) is 4.39 Å². The number of thioether (sulfide) groups is 1. The number of allylic oxidation sites excluding steroid dienone is 2. The molecule has 5 heteroatoms. The molecule has 19 heavy (non-hydrogen) atoms. The van der Waals surface area contributed by atoms with Crippen LogP contribution in [0.25, 0.3) is 0 Å². The van der Waals surface area contributed by atoms with Gasteiger partial charge in [-0.25, -0.2) is 0 Å². The lowest BCUT2D eigenvalue weighted by atomic mass is 10.1. The third-order valence-corrected chi connectivity index (χ3v) is 4.02. The zero-order chi connectivity index (χ0) is 14.1. The summed E-state index contributed by atoms with van der Waals surface area (Å²) in [6, 6.07) is 7.88. The molecule has 0 aromatic heterocycles. The lowest BCUT2D eigenvalue weighted by Crippen LogP contribution is -1.90. The fourth-order valence-corrected chi connectivity index (χ4v) is 2.47. The van der Waals surface area contributed by atoms with E-state index in [9.17, 15) is 9.18 Å². The van der Waals surface area contributed by atoms with Gasteiger partial charge in [0, 0.05) is 16.9 Å². The zero-order valence-corrected chi connectivity index (χ0v) is 11.9. The van der Waals surface area contributed by atoms with Gasteiger partial charge in [-0.1, -0.05) is 35.9 Å². The number of aldehydes is 1. The third kappa shape index (κ3) is 5.57. The summed E-state index contributed by atoms with van der Waals surface area (Å²) < 4.78 is 12.0. The number of carbonyl (C=O) groups excluding carboxylic acids is 1. The van der Waals surface area contributed by atoms with E-state index >= 15 is 0 Å². The first kappa shape index (κ1) is 15.9. The van der Waals surface area contributed by atoms with Gasteiger partial charge < -0.3 is 5.41 Å². The second kappa shape index (κ2) is 8.88. The summed E-state index contributed by atoms with van der Waals surface area (Å²) in [7, 11) is 0. The lowest BCUT2D eigenvalue weighted by Gasteiger charge is -2.04. The Morgan fingerprint density at radius 1 is 1.32 bits per heavy atom. The van der Waals surface area contributed by atoms with Crippen molar-refractivity contribution in [1.82, 2.24) is 0 Å². The first-order valence-electron chi connectivity index (χ1n) is 5.83. The topological polar surface area (TPSA) is 40.9 Å². The van der Waals surface area contributed by atoms with Crippen LogP contribution in [0, 0.1) is 5.41 Å². The highest BCUT2D eigenvalue weighted by Crippen LogP contribution is 2.24. The van der Waals surface area contributed by atoms with Crippen LogP contribution in [0.1, 0.15) is 17.5 Å². The minimum atomic E-state index is -0.296.